The maximum atomic E-state index is 11.1. The third kappa shape index (κ3) is 5.18. The first-order chi connectivity index (χ1) is 12.9. The fourth-order valence-corrected chi connectivity index (χ4v) is 4.29. The molecule has 1 aliphatic heterocycles. The summed E-state index contributed by atoms with van der Waals surface area (Å²) in [6.07, 6.45) is 7.82. The number of nitrogens with zero attached hydrogens (tertiary/aromatic N) is 3. The number of piperidine rings is 1. The van der Waals surface area contributed by atoms with E-state index in [1.807, 2.05) is 6.20 Å². The van der Waals surface area contributed by atoms with E-state index in [9.17, 15) is 9.90 Å². The monoisotopic (exact) mass is 374 g/mol. The van der Waals surface area contributed by atoms with Crippen molar-refractivity contribution in [3.63, 3.8) is 0 Å². The molecule has 2 fully saturated rings. The van der Waals surface area contributed by atoms with Crippen LogP contribution in [0.1, 0.15) is 70.9 Å². The highest BCUT2D eigenvalue weighted by Crippen LogP contribution is 2.33. The molecule has 1 atom stereocenters. The Labute approximate surface area is 162 Å². The SMILES string of the molecule is CC(C)[C@H](C)Nc1nccc(C2CCN(C3CCC(C(=O)O)CC3)CC2)n1. The van der Waals surface area contributed by atoms with Gasteiger partial charge in [-0.1, -0.05) is 13.8 Å². The second-order valence-corrected chi connectivity index (χ2v) is 8.64. The van der Waals surface area contributed by atoms with Gasteiger partial charge in [0.1, 0.15) is 0 Å². The van der Waals surface area contributed by atoms with Crippen LogP contribution in [0.2, 0.25) is 0 Å². The van der Waals surface area contributed by atoms with Crippen molar-refractivity contribution in [1.82, 2.24) is 14.9 Å². The summed E-state index contributed by atoms with van der Waals surface area (Å²) in [6.45, 7) is 8.73. The lowest BCUT2D eigenvalue weighted by atomic mass is 9.84. The van der Waals surface area contributed by atoms with Crippen molar-refractivity contribution in [3.05, 3.63) is 18.0 Å². The molecule has 0 spiro atoms. The molecule has 1 aromatic heterocycles. The van der Waals surface area contributed by atoms with E-state index in [0.717, 1.165) is 63.3 Å². The predicted octanol–water partition coefficient (Wildman–Crippen LogP) is 3.76. The number of aliphatic carboxylic acids is 1. The topological polar surface area (TPSA) is 78.4 Å². The molecule has 1 aromatic rings. The highest BCUT2D eigenvalue weighted by atomic mass is 16.4. The standard InChI is InChI=1S/C21H34N4O2/c1-14(2)15(3)23-21-22-11-8-19(24-21)16-9-12-25(13-10-16)18-6-4-17(5-7-18)20(26)27/h8,11,14-18H,4-7,9-10,12-13H2,1-3H3,(H,26,27)(H,22,23,24)/t15-,17?,18?/m0/s1. The average molecular weight is 375 g/mol. The van der Waals surface area contributed by atoms with Crippen molar-refractivity contribution in [2.75, 3.05) is 18.4 Å². The minimum Gasteiger partial charge on any atom is -0.481 e. The van der Waals surface area contributed by atoms with Crippen molar-refractivity contribution in [1.29, 1.82) is 0 Å². The van der Waals surface area contributed by atoms with E-state index in [1.165, 1.54) is 0 Å². The molecule has 0 radical (unpaired) electrons. The third-order valence-corrected chi connectivity index (χ3v) is 6.54. The van der Waals surface area contributed by atoms with E-state index in [-0.39, 0.29) is 5.92 Å². The first-order valence-corrected chi connectivity index (χ1v) is 10.5. The normalized spacial score (nSPS) is 26.1. The molecule has 3 rings (SSSR count). The molecule has 1 saturated heterocycles. The number of aromatic nitrogens is 2. The fraction of sp³-hybridized carbons (Fsp3) is 0.762. The Balaban J connectivity index is 1.51. The number of hydrogen-bond acceptors (Lipinski definition) is 5. The number of hydrogen-bond donors (Lipinski definition) is 2. The Morgan fingerprint density at radius 1 is 1.15 bits per heavy atom. The molecular formula is C21H34N4O2. The molecule has 150 valence electrons. The van der Waals surface area contributed by atoms with E-state index >= 15 is 0 Å². The smallest absolute Gasteiger partial charge is 0.306 e. The van der Waals surface area contributed by atoms with Crippen LogP contribution < -0.4 is 5.32 Å². The number of anilines is 1. The van der Waals surface area contributed by atoms with Crippen LogP contribution in [0.15, 0.2) is 12.3 Å². The molecular weight excluding hydrogens is 340 g/mol. The molecule has 0 amide bonds. The van der Waals surface area contributed by atoms with E-state index in [2.05, 4.69) is 42.0 Å². The summed E-state index contributed by atoms with van der Waals surface area (Å²) in [7, 11) is 0. The van der Waals surface area contributed by atoms with Crippen molar-refractivity contribution in [2.45, 2.75) is 77.3 Å². The molecule has 27 heavy (non-hydrogen) atoms. The van der Waals surface area contributed by atoms with Gasteiger partial charge in [-0.2, -0.15) is 0 Å². The molecule has 2 aliphatic rings. The van der Waals surface area contributed by atoms with Crippen LogP contribution in [0, 0.1) is 11.8 Å². The lowest BCUT2D eigenvalue weighted by Gasteiger charge is -2.40. The highest BCUT2D eigenvalue weighted by molar-refractivity contribution is 5.70. The fourth-order valence-electron chi connectivity index (χ4n) is 4.29. The third-order valence-electron chi connectivity index (χ3n) is 6.54. The average Bonchev–Trinajstić information content (AvgIpc) is 2.68. The van der Waals surface area contributed by atoms with Crippen molar-refractivity contribution < 1.29 is 9.90 Å². The van der Waals surface area contributed by atoms with Crippen molar-refractivity contribution >= 4 is 11.9 Å². The summed E-state index contributed by atoms with van der Waals surface area (Å²) in [5.41, 5.74) is 1.15. The van der Waals surface area contributed by atoms with Gasteiger partial charge in [0.2, 0.25) is 5.95 Å². The predicted molar refractivity (Wildman–Crippen MR) is 107 cm³/mol. The first kappa shape index (κ1) is 20.1. The van der Waals surface area contributed by atoms with Gasteiger partial charge in [0.05, 0.1) is 5.92 Å². The largest absolute Gasteiger partial charge is 0.481 e. The summed E-state index contributed by atoms with van der Waals surface area (Å²) in [5.74, 6) is 1.03. The van der Waals surface area contributed by atoms with Crippen LogP contribution in [0.5, 0.6) is 0 Å². The Morgan fingerprint density at radius 2 is 1.81 bits per heavy atom. The number of carboxylic acids is 1. The Bertz CT molecular complexity index is 620. The van der Waals surface area contributed by atoms with Gasteiger partial charge < -0.3 is 15.3 Å². The van der Waals surface area contributed by atoms with Crippen LogP contribution >= 0.6 is 0 Å². The Kier molecular flexibility index (Phi) is 6.68. The molecule has 0 aromatic carbocycles. The zero-order chi connectivity index (χ0) is 19.4. The van der Waals surface area contributed by atoms with Gasteiger partial charge in [0, 0.05) is 29.9 Å². The van der Waals surface area contributed by atoms with E-state index < -0.39 is 5.97 Å². The number of carbonyl (C=O) groups is 1. The molecule has 1 saturated carbocycles. The summed E-state index contributed by atoms with van der Waals surface area (Å²) < 4.78 is 0. The number of rotatable bonds is 6. The molecule has 2 N–H and O–H groups in total. The maximum Gasteiger partial charge on any atom is 0.306 e. The highest BCUT2D eigenvalue weighted by Gasteiger charge is 2.31. The van der Waals surface area contributed by atoms with Gasteiger partial charge in [-0.25, -0.2) is 9.97 Å². The van der Waals surface area contributed by atoms with Gasteiger partial charge in [0.15, 0.2) is 0 Å². The quantitative estimate of drug-likeness (QED) is 0.789. The minimum atomic E-state index is -0.618. The van der Waals surface area contributed by atoms with Crippen LogP contribution in [0.4, 0.5) is 5.95 Å². The second-order valence-electron chi connectivity index (χ2n) is 8.64. The van der Waals surface area contributed by atoms with Gasteiger partial charge in [-0.15, -0.1) is 0 Å². The molecule has 6 nitrogen and oxygen atoms in total. The Hall–Kier alpha value is -1.69. The summed E-state index contributed by atoms with van der Waals surface area (Å²) in [4.78, 5) is 22.9. The zero-order valence-corrected chi connectivity index (χ0v) is 16.9. The number of nitrogens with one attached hydrogen (secondary N) is 1. The second kappa shape index (κ2) is 9.00. The first-order valence-electron chi connectivity index (χ1n) is 10.5. The van der Waals surface area contributed by atoms with Gasteiger partial charge in [0.25, 0.3) is 0 Å². The van der Waals surface area contributed by atoms with Crippen LogP contribution in [-0.2, 0) is 4.79 Å². The minimum absolute atomic E-state index is 0.126. The lowest BCUT2D eigenvalue weighted by molar-refractivity contribution is -0.143. The van der Waals surface area contributed by atoms with Crippen LogP contribution in [0.25, 0.3) is 0 Å². The lowest BCUT2D eigenvalue weighted by Crippen LogP contribution is -2.43. The van der Waals surface area contributed by atoms with Gasteiger partial charge in [-0.3, -0.25) is 4.79 Å². The van der Waals surface area contributed by atoms with Crippen molar-refractivity contribution in [2.24, 2.45) is 11.8 Å². The van der Waals surface area contributed by atoms with Crippen LogP contribution in [-0.4, -0.2) is 51.1 Å². The maximum absolute atomic E-state index is 11.1. The molecule has 1 aliphatic carbocycles. The molecule has 0 unspecified atom stereocenters. The molecule has 0 bridgehead atoms. The summed E-state index contributed by atoms with van der Waals surface area (Å²) in [6, 6.07) is 2.97. The van der Waals surface area contributed by atoms with Crippen molar-refractivity contribution in [3.8, 4) is 0 Å². The number of likely N-dealkylation sites (tertiary alicyclic amines) is 1. The summed E-state index contributed by atoms with van der Waals surface area (Å²) >= 11 is 0. The van der Waals surface area contributed by atoms with E-state index in [4.69, 9.17) is 4.98 Å². The van der Waals surface area contributed by atoms with E-state index in [1.54, 1.807) is 0 Å². The molecule has 2 heterocycles. The van der Waals surface area contributed by atoms with Gasteiger partial charge in [-0.05, 0) is 70.5 Å². The van der Waals surface area contributed by atoms with E-state index in [0.29, 0.717) is 23.9 Å². The van der Waals surface area contributed by atoms with Gasteiger partial charge >= 0.3 is 5.97 Å². The number of carboxylic acid groups (broad SMARTS) is 1. The Morgan fingerprint density at radius 3 is 2.41 bits per heavy atom. The summed E-state index contributed by atoms with van der Waals surface area (Å²) in [5, 5.41) is 12.6. The zero-order valence-electron chi connectivity index (χ0n) is 16.9. The van der Waals surface area contributed by atoms with Crippen LogP contribution in [0.3, 0.4) is 0 Å². The molecule has 6 heteroatoms.